The molecular formula is C13H20N2. The third-order valence-corrected chi connectivity index (χ3v) is 2.97. The first-order valence-corrected chi connectivity index (χ1v) is 5.79. The molecule has 0 aromatic heterocycles. The van der Waals surface area contributed by atoms with Crippen LogP contribution in [0.25, 0.3) is 0 Å². The van der Waals surface area contributed by atoms with Gasteiger partial charge in [-0.1, -0.05) is 38.1 Å². The fraction of sp³-hybridized carbons (Fsp3) is 0.538. The second kappa shape index (κ2) is 4.77. The van der Waals surface area contributed by atoms with Crippen molar-refractivity contribution in [1.29, 1.82) is 0 Å². The van der Waals surface area contributed by atoms with Crippen LogP contribution < -0.4 is 10.6 Å². The summed E-state index contributed by atoms with van der Waals surface area (Å²) in [4.78, 5) is 0. The molecule has 2 heteroatoms. The maximum absolute atomic E-state index is 3.52. The zero-order valence-corrected chi connectivity index (χ0v) is 9.59. The smallest absolute Gasteiger partial charge is 0.0208 e. The highest BCUT2D eigenvalue weighted by Gasteiger charge is 2.18. The zero-order chi connectivity index (χ0) is 10.7. The summed E-state index contributed by atoms with van der Waals surface area (Å²) in [6.45, 7) is 7.58. The summed E-state index contributed by atoms with van der Waals surface area (Å²) in [6, 6.07) is 9.33. The Bertz CT molecular complexity index is 320. The van der Waals surface area contributed by atoms with Crippen LogP contribution in [-0.4, -0.2) is 19.1 Å². The van der Waals surface area contributed by atoms with E-state index in [1.165, 1.54) is 11.1 Å². The lowest BCUT2D eigenvalue weighted by molar-refractivity contribution is 0.478. The largest absolute Gasteiger partial charge is 0.314 e. The van der Waals surface area contributed by atoms with Gasteiger partial charge in [0.25, 0.3) is 0 Å². The van der Waals surface area contributed by atoms with E-state index < -0.39 is 0 Å². The molecule has 0 amide bonds. The van der Waals surface area contributed by atoms with Crippen LogP contribution >= 0.6 is 0 Å². The van der Waals surface area contributed by atoms with E-state index in [1.807, 2.05) is 0 Å². The minimum Gasteiger partial charge on any atom is -0.314 e. The second-order valence-electron chi connectivity index (χ2n) is 4.59. The van der Waals surface area contributed by atoms with Gasteiger partial charge in [-0.3, -0.25) is 0 Å². The fourth-order valence-electron chi connectivity index (χ4n) is 2.14. The van der Waals surface area contributed by atoms with E-state index in [9.17, 15) is 0 Å². The Kier molecular flexibility index (Phi) is 3.39. The quantitative estimate of drug-likeness (QED) is 0.785. The number of benzene rings is 1. The summed E-state index contributed by atoms with van der Waals surface area (Å²) < 4.78 is 0. The lowest BCUT2D eigenvalue weighted by Gasteiger charge is -2.27. The first-order chi connectivity index (χ1) is 7.27. The third-order valence-electron chi connectivity index (χ3n) is 2.97. The average molecular weight is 204 g/mol. The van der Waals surface area contributed by atoms with E-state index >= 15 is 0 Å². The predicted molar refractivity (Wildman–Crippen MR) is 64.0 cm³/mol. The minimum absolute atomic E-state index is 0.569. The van der Waals surface area contributed by atoms with E-state index in [-0.39, 0.29) is 0 Å². The Morgan fingerprint density at radius 3 is 3.00 bits per heavy atom. The molecule has 1 unspecified atom stereocenters. The molecule has 0 spiro atoms. The van der Waals surface area contributed by atoms with Crippen molar-refractivity contribution in [2.45, 2.75) is 32.4 Å². The average Bonchev–Trinajstić information content (AvgIpc) is 2.26. The molecule has 82 valence electrons. The van der Waals surface area contributed by atoms with E-state index in [2.05, 4.69) is 48.7 Å². The van der Waals surface area contributed by atoms with Gasteiger partial charge < -0.3 is 10.6 Å². The fourth-order valence-corrected chi connectivity index (χ4v) is 2.14. The highest BCUT2D eigenvalue weighted by Crippen LogP contribution is 2.22. The summed E-state index contributed by atoms with van der Waals surface area (Å²) in [5.41, 5.74) is 2.98. The molecule has 2 rings (SSSR count). The monoisotopic (exact) mass is 204 g/mol. The van der Waals surface area contributed by atoms with Crippen LogP contribution in [0.5, 0.6) is 0 Å². The van der Waals surface area contributed by atoms with Crippen molar-refractivity contribution in [3.8, 4) is 0 Å². The third kappa shape index (κ3) is 2.58. The van der Waals surface area contributed by atoms with Gasteiger partial charge in [-0.05, 0) is 11.1 Å². The van der Waals surface area contributed by atoms with E-state index in [4.69, 9.17) is 0 Å². The van der Waals surface area contributed by atoms with Gasteiger partial charge in [0.1, 0.15) is 0 Å². The maximum atomic E-state index is 3.52. The van der Waals surface area contributed by atoms with Crippen molar-refractivity contribution < 1.29 is 0 Å². The lowest BCUT2D eigenvalue weighted by Crippen LogP contribution is -2.36. The topological polar surface area (TPSA) is 24.1 Å². The van der Waals surface area contributed by atoms with E-state index in [1.54, 1.807) is 0 Å². The molecule has 1 aliphatic rings. The first-order valence-electron chi connectivity index (χ1n) is 5.79. The molecule has 1 atom stereocenters. The van der Waals surface area contributed by atoms with Gasteiger partial charge in [-0.2, -0.15) is 0 Å². The molecule has 1 aliphatic heterocycles. The standard InChI is InChI=1S/C13H20N2/c1-10(2)15-9-12-8-14-7-11-5-3-4-6-13(11)12/h3-6,10,12,14-15H,7-9H2,1-2H3. The van der Waals surface area contributed by atoms with Crippen LogP contribution in [0.2, 0.25) is 0 Å². The molecule has 15 heavy (non-hydrogen) atoms. The predicted octanol–water partition coefficient (Wildman–Crippen LogP) is 1.87. The molecule has 2 N–H and O–H groups in total. The Hall–Kier alpha value is -0.860. The molecule has 0 saturated carbocycles. The van der Waals surface area contributed by atoms with Gasteiger partial charge in [0.05, 0.1) is 0 Å². The molecule has 0 saturated heterocycles. The van der Waals surface area contributed by atoms with E-state index in [0.29, 0.717) is 12.0 Å². The lowest BCUT2D eigenvalue weighted by atomic mass is 9.91. The van der Waals surface area contributed by atoms with Crippen molar-refractivity contribution in [2.24, 2.45) is 0 Å². The van der Waals surface area contributed by atoms with Crippen molar-refractivity contribution >= 4 is 0 Å². The summed E-state index contributed by atoms with van der Waals surface area (Å²) in [5, 5.41) is 6.99. The highest BCUT2D eigenvalue weighted by atomic mass is 14.9. The summed E-state index contributed by atoms with van der Waals surface area (Å²) >= 11 is 0. The maximum Gasteiger partial charge on any atom is 0.0208 e. The Balaban J connectivity index is 2.08. The van der Waals surface area contributed by atoms with Crippen LogP contribution in [0.15, 0.2) is 24.3 Å². The zero-order valence-electron chi connectivity index (χ0n) is 9.59. The van der Waals surface area contributed by atoms with Crippen LogP contribution in [0.4, 0.5) is 0 Å². The normalized spacial score (nSPS) is 20.3. The molecule has 1 aromatic rings. The van der Waals surface area contributed by atoms with Crippen molar-refractivity contribution in [1.82, 2.24) is 10.6 Å². The Morgan fingerprint density at radius 1 is 1.40 bits per heavy atom. The van der Waals surface area contributed by atoms with Crippen LogP contribution in [0.3, 0.4) is 0 Å². The Morgan fingerprint density at radius 2 is 2.20 bits per heavy atom. The molecule has 0 aliphatic carbocycles. The SMILES string of the molecule is CC(C)NCC1CNCc2ccccc21. The molecular weight excluding hydrogens is 184 g/mol. The molecule has 1 heterocycles. The summed E-state index contributed by atoms with van der Waals surface area (Å²) in [7, 11) is 0. The number of rotatable bonds is 3. The minimum atomic E-state index is 0.569. The van der Waals surface area contributed by atoms with Crippen LogP contribution in [-0.2, 0) is 6.54 Å². The van der Waals surface area contributed by atoms with Gasteiger partial charge in [0, 0.05) is 31.6 Å². The van der Waals surface area contributed by atoms with Gasteiger partial charge >= 0.3 is 0 Å². The van der Waals surface area contributed by atoms with Gasteiger partial charge in [-0.25, -0.2) is 0 Å². The number of hydrogen-bond donors (Lipinski definition) is 2. The molecule has 0 radical (unpaired) electrons. The summed E-state index contributed by atoms with van der Waals surface area (Å²) in [5.74, 6) is 0.623. The van der Waals surface area contributed by atoms with Crippen molar-refractivity contribution in [3.05, 3.63) is 35.4 Å². The second-order valence-corrected chi connectivity index (χ2v) is 4.59. The molecule has 0 bridgehead atoms. The van der Waals surface area contributed by atoms with E-state index in [0.717, 1.165) is 19.6 Å². The number of fused-ring (bicyclic) bond motifs is 1. The van der Waals surface area contributed by atoms with Crippen LogP contribution in [0.1, 0.15) is 30.9 Å². The van der Waals surface area contributed by atoms with Gasteiger partial charge in [0.2, 0.25) is 0 Å². The molecule has 1 aromatic carbocycles. The van der Waals surface area contributed by atoms with Crippen LogP contribution in [0, 0.1) is 0 Å². The summed E-state index contributed by atoms with van der Waals surface area (Å²) in [6.07, 6.45) is 0. The van der Waals surface area contributed by atoms with Gasteiger partial charge in [-0.15, -0.1) is 0 Å². The number of hydrogen-bond acceptors (Lipinski definition) is 2. The molecule has 2 nitrogen and oxygen atoms in total. The number of nitrogens with one attached hydrogen (secondary N) is 2. The van der Waals surface area contributed by atoms with Crippen molar-refractivity contribution in [2.75, 3.05) is 13.1 Å². The molecule has 0 fully saturated rings. The van der Waals surface area contributed by atoms with Crippen molar-refractivity contribution in [3.63, 3.8) is 0 Å². The Labute approximate surface area is 92.1 Å². The first kappa shape index (κ1) is 10.7. The highest BCUT2D eigenvalue weighted by molar-refractivity contribution is 5.32. The van der Waals surface area contributed by atoms with Gasteiger partial charge in [0.15, 0.2) is 0 Å².